The van der Waals surface area contributed by atoms with Gasteiger partial charge in [0.05, 0.1) is 6.10 Å². The highest BCUT2D eigenvalue weighted by atomic mass is 16.5. The summed E-state index contributed by atoms with van der Waals surface area (Å²) >= 11 is 0. The summed E-state index contributed by atoms with van der Waals surface area (Å²) in [5.74, 6) is 0. The second-order valence-electron chi connectivity index (χ2n) is 3.84. The van der Waals surface area contributed by atoms with Gasteiger partial charge in [-0.25, -0.2) is 4.79 Å². The molecule has 0 aliphatic rings. The zero-order chi connectivity index (χ0) is 12.5. The fourth-order valence-corrected chi connectivity index (χ4v) is 1.32. The number of carbonyl (C=O) groups excluding carboxylic acids is 1. The lowest BCUT2D eigenvalue weighted by molar-refractivity contribution is 0.132. The van der Waals surface area contributed by atoms with Crippen LogP contribution in [0.5, 0.6) is 0 Å². The number of hydrogen-bond donors (Lipinski definition) is 2. The van der Waals surface area contributed by atoms with E-state index >= 15 is 0 Å². The van der Waals surface area contributed by atoms with Crippen LogP contribution in [0.3, 0.4) is 0 Å². The predicted molar refractivity (Wildman–Crippen MR) is 65.5 cm³/mol. The molecule has 0 saturated heterocycles. The molecule has 0 bridgehead atoms. The van der Waals surface area contributed by atoms with Crippen LogP contribution in [0, 0.1) is 0 Å². The van der Waals surface area contributed by atoms with Crippen molar-refractivity contribution in [1.29, 1.82) is 0 Å². The molecule has 94 valence electrons. The second kappa shape index (κ2) is 7.68. The number of ether oxygens (including phenoxy) is 1. The minimum Gasteiger partial charge on any atom is -0.445 e. The van der Waals surface area contributed by atoms with Crippen molar-refractivity contribution in [1.82, 2.24) is 5.32 Å². The van der Waals surface area contributed by atoms with Gasteiger partial charge in [0.25, 0.3) is 0 Å². The summed E-state index contributed by atoms with van der Waals surface area (Å²) in [6, 6.07) is 9.50. The Morgan fingerprint density at radius 3 is 2.76 bits per heavy atom. The third-order valence-electron chi connectivity index (χ3n) is 2.43. The first-order chi connectivity index (χ1) is 8.22. The fraction of sp³-hybridized carbons (Fsp3) is 0.462. The molecule has 4 heteroatoms. The van der Waals surface area contributed by atoms with E-state index in [1.165, 1.54) is 0 Å². The molecular weight excluding hydrogens is 218 g/mol. The topological polar surface area (TPSA) is 58.6 Å². The fourth-order valence-electron chi connectivity index (χ4n) is 1.32. The molecule has 1 amide bonds. The van der Waals surface area contributed by atoms with Gasteiger partial charge in [0.15, 0.2) is 0 Å². The molecule has 1 rings (SSSR count). The van der Waals surface area contributed by atoms with E-state index in [1.807, 2.05) is 37.3 Å². The third kappa shape index (κ3) is 5.92. The molecule has 0 fully saturated rings. The Balaban J connectivity index is 2.13. The summed E-state index contributed by atoms with van der Waals surface area (Å²) in [6.45, 7) is 2.60. The average molecular weight is 237 g/mol. The maximum atomic E-state index is 11.3. The Morgan fingerprint density at radius 1 is 1.41 bits per heavy atom. The molecule has 0 spiro atoms. The maximum absolute atomic E-state index is 11.3. The highest BCUT2D eigenvalue weighted by molar-refractivity contribution is 5.67. The van der Waals surface area contributed by atoms with Gasteiger partial charge in [0.2, 0.25) is 0 Å². The Morgan fingerprint density at radius 2 is 2.12 bits per heavy atom. The molecule has 0 radical (unpaired) electrons. The lowest BCUT2D eigenvalue weighted by atomic mass is 10.2. The van der Waals surface area contributed by atoms with E-state index in [-0.39, 0.29) is 12.7 Å². The molecular formula is C13H19NO3. The molecule has 0 aliphatic heterocycles. The highest BCUT2D eigenvalue weighted by Crippen LogP contribution is 2.00. The predicted octanol–water partition coefficient (Wildman–Crippen LogP) is 2.07. The zero-order valence-electron chi connectivity index (χ0n) is 10.1. The number of alkyl carbamates (subject to hydrolysis) is 1. The number of hydrogen-bond acceptors (Lipinski definition) is 3. The van der Waals surface area contributed by atoms with Gasteiger partial charge in [0, 0.05) is 6.54 Å². The van der Waals surface area contributed by atoms with Crippen molar-refractivity contribution in [3.05, 3.63) is 35.9 Å². The van der Waals surface area contributed by atoms with Crippen LogP contribution in [0.1, 0.15) is 25.3 Å². The molecule has 4 nitrogen and oxygen atoms in total. The smallest absolute Gasteiger partial charge is 0.407 e. The van der Waals surface area contributed by atoms with Gasteiger partial charge in [-0.05, 0) is 18.4 Å². The zero-order valence-corrected chi connectivity index (χ0v) is 10.1. The van der Waals surface area contributed by atoms with Crippen LogP contribution >= 0.6 is 0 Å². The van der Waals surface area contributed by atoms with Crippen molar-refractivity contribution in [3.8, 4) is 0 Å². The Bertz CT molecular complexity index is 327. The number of nitrogens with one attached hydrogen (secondary N) is 1. The lowest BCUT2D eigenvalue weighted by Crippen LogP contribution is -2.27. The molecule has 0 heterocycles. The van der Waals surface area contributed by atoms with Crippen molar-refractivity contribution in [2.45, 2.75) is 32.5 Å². The number of amides is 1. The Kier molecular flexibility index (Phi) is 6.10. The van der Waals surface area contributed by atoms with Crippen LogP contribution in [-0.4, -0.2) is 23.8 Å². The summed E-state index contributed by atoms with van der Waals surface area (Å²) < 4.78 is 5.01. The van der Waals surface area contributed by atoms with E-state index in [0.717, 1.165) is 5.56 Å². The Labute approximate surface area is 102 Å². The maximum Gasteiger partial charge on any atom is 0.407 e. The largest absolute Gasteiger partial charge is 0.445 e. The third-order valence-corrected chi connectivity index (χ3v) is 2.43. The van der Waals surface area contributed by atoms with E-state index in [0.29, 0.717) is 19.4 Å². The number of rotatable bonds is 6. The first-order valence-corrected chi connectivity index (χ1v) is 5.85. The van der Waals surface area contributed by atoms with E-state index in [4.69, 9.17) is 4.74 Å². The molecule has 17 heavy (non-hydrogen) atoms. The molecule has 1 aromatic rings. The number of benzene rings is 1. The molecule has 0 aliphatic carbocycles. The van der Waals surface area contributed by atoms with E-state index in [9.17, 15) is 9.90 Å². The first kappa shape index (κ1) is 13.5. The van der Waals surface area contributed by atoms with E-state index < -0.39 is 6.09 Å². The monoisotopic (exact) mass is 237 g/mol. The van der Waals surface area contributed by atoms with Crippen molar-refractivity contribution in [2.24, 2.45) is 0 Å². The number of aliphatic hydroxyl groups excluding tert-OH is 1. The van der Waals surface area contributed by atoms with Crippen LogP contribution in [0.4, 0.5) is 4.79 Å². The van der Waals surface area contributed by atoms with Crippen LogP contribution in [0.15, 0.2) is 30.3 Å². The highest BCUT2D eigenvalue weighted by Gasteiger charge is 2.04. The van der Waals surface area contributed by atoms with Crippen LogP contribution in [0.25, 0.3) is 0 Å². The van der Waals surface area contributed by atoms with E-state index in [1.54, 1.807) is 0 Å². The van der Waals surface area contributed by atoms with Gasteiger partial charge in [-0.1, -0.05) is 37.3 Å². The quantitative estimate of drug-likeness (QED) is 0.796. The molecule has 1 atom stereocenters. The van der Waals surface area contributed by atoms with Crippen LogP contribution < -0.4 is 5.32 Å². The minimum absolute atomic E-state index is 0.267. The van der Waals surface area contributed by atoms with Crippen molar-refractivity contribution in [3.63, 3.8) is 0 Å². The molecule has 0 aromatic heterocycles. The minimum atomic E-state index is -0.447. The summed E-state index contributed by atoms with van der Waals surface area (Å²) in [7, 11) is 0. The summed E-state index contributed by atoms with van der Waals surface area (Å²) in [4.78, 5) is 11.3. The molecule has 1 aromatic carbocycles. The number of aliphatic hydroxyl groups is 1. The standard InChI is InChI=1S/C13H19NO3/c1-2-12(15)8-9-14-13(16)17-10-11-6-4-3-5-7-11/h3-7,12,15H,2,8-10H2,1H3,(H,14,16). The molecule has 1 unspecified atom stereocenters. The average Bonchev–Trinajstić information content (AvgIpc) is 2.37. The summed E-state index contributed by atoms with van der Waals surface area (Å²) in [6.07, 6.45) is 0.444. The van der Waals surface area contributed by atoms with Gasteiger partial charge in [-0.3, -0.25) is 0 Å². The SMILES string of the molecule is CCC(O)CCNC(=O)OCc1ccccc1. The van der Waals surface area contributed by atoms with Gasteiger partial charge in [-0.15, -0.1) is 0 Å². The van der Waals surface area contributed by atoms with Crippen molar-refractivity contribution >= 4 is 6.09 Å². The van der Waals surface area contributed by atoms with E-state index in [2.05, 4.69) is 5.32 Å². The lowest BCUT2D eigenvalue weighted by Gasteiger charge is -2.09. The van der Waals surface area contributed by atoms with Crippen molar-refractivity contribution < 1.29 is 14.6 Å². The first-order valence-electron chi connectivity index (χ1n) is 5.85. The number of carbonyl (C=O) groups is 1. The summed E-state index contributed by atoms with van der Waals surface area (Å²) in [5.41, 5.74) is 0.955. The Hall–Kier alpha value is -1.55. The molecule has 0 saturated carbocycles. The second-order valence-corrected chi connectivity index (χ2v) is 3.84. The normalized spacial score (nSPS) is 11.9. The molecule has 2 N–H and O–H groups in total. The van der Waals surface area contributed by atoms with Crippen molar-refractivity contribution in [2.75, 3.05) is 6.54 Å². The summed E-state index contributed by atoms with van der Waals surface area (Å²) in [5, 5.41) is 11.9. The van der Waals surface area contributed by atoms with Gasteiger partial charge >= 0.3 is 6.09 Å². The van der Waals surface area contributed by atoms with Gasteiger partial charge < -0.3 is 15.2 Å². The van der Waals surface area contributed by atoms with Gasteiger partial charge in [-0.2, -0.15) is 0 Å². The van der Waals surface area contributed by atoms with Crippen LogP contribution in [0.2, 0.25) is 0 Å². The van der Waals surface area contributed by atoms with Crippen LogP contribution in [-0.2, 0) is 11.3 Å². The van der Waals surface area contributed by atoms with Gasteiger partial charge in [0.1, 0.15) is 6.61 Å².